The highest BCUT2D eigenvalue weighted by Crippen LogP contribution is 2.31. The average Bonchev–Trinajstić information content (AvgIpc) is 2.88. The minimum atomic E-state index is -0.665. The lowest BCUT2D eigenvalue weighted by atomic mass is 10.1. The van der Waals surface area contributed by atoms with Crippen LogP contribution in [0.25, 0.3) is 11.3 Å². The second-order valence-electron chi connectivity index (χ2n) is 4.98. The van der Waals surface area contributed by atoms with Crippen LogP contribution in [0.1, 0.15) is 15.2 Å². The number of aromatic nitrogens is 1. The van der Waals surface area contributed by atoms with E-state index >= 15 is 0 Å². The first-order valence-electron chi connectivity index (χ1n) is 6.94. The Labute approximate surface area is 155 Å². The van der Waals surface area contributed by atoms with Crippen molar-refractivity contribution in [3.05, 3.63) is 68.2 Å². The molecule has 0 unspecified atom stereocenters. The highest BCUT2D eigenvalue weighted by atomic mass is 79.9. The fourth-order valence-corrected chi connectivity index (χ4v) is 3.54. The molecule has 1 N–H and O–H groups in total. The van der Waals surface area contributed by atoms with Gasteiger partial charge in [-0.05, 0) is 31.2 Å². The van der Waals surface area contributed by atoms with Crippen molar-refractivity contribution in [1.29, 1.82) is 0 Å². The molecule has 2 aromatic carbocycles. The van der Waals surface area contributed by atoms with Gasteiger partial charge in [0.25, 0.3) is 5.91 Å². The largest absolute Gasteiger partial charge is 0.298 e. The predicted octanol–water partition coefficient (Wildman–Crippen LogP) is 5.93. The van der Waals surface area contributed by atoms with Crippen LogP contribution in [0.4, 0.5) is 9.52 Å². The van der Waals surface area contributed by atoms with E-state index in [1.807, 2.05) is 31.2 Å². The molecule has 0 fully saturated rings. The van der Waals surface area contributed by atoms with E-state index in [-0.39, 0.29) is 10.6 Å². The first kappa shape index (κ1) is 17.1. The molecule has 0 radical (unpaired) electrons. The number of thiazole rings is 1. The van der Waals surface area contributed by atoms with E-state index in [4.69, 9.17) is 11.6 Å². The number of nitrogens with zero attached hydrogens (tertiary/aromatic N) is 1. The van der Waals surface area contributed by atoms with Gasteiger partial charge in [0, 0.05) is 14.9 Å². The maximum absolute atomic E-state index is 13.8. The number of anilines is 1. The third-order valence-corrected chi connectivity index (χ3v) is 5.05. The summed E-state index contributed by atoms with van der Waals surface area (Å²) in [7, 11) is 0. The molecule has 1 amide bonds. The zero-order valence-corrected chi connectivity index (χ0v) is 15.6. The first-order valence-corrected chi connectivity index (χ1v) is 8.93. The number of nitrogens with one attached hydrogen (secondary N) is 1. The fraction of sp³-hybridized carbons (Fsp3) is 0.0588. The van der Waals surface area contributed by atoms with Crippen molar-refractivity contribution in [3.63, 3.8) is 0 Å². The molecule has 7 heteroatoms. The molecule has 3 aromatic rings. The van der Waals surface area contributed by atoms with E-state index < -0.39 is 11.7 Å². The third-order valence-electron chi connectivity index (χ3n) is 3.32. The Balaban J connectivity index is 1.88. The molecule has 3 rings (SSSR count). The van der Waals surface area contributed by atoms with Crippen molar-refractivity contribution in [3.8, 4) is 11.3 Å². The van der Waals surface area contributed by atoms with Gasteiger partial charge in [0.15, 0.2) is 5.13 Å². The van der Waals surface area contributed by atoms with Crippen LogP contribution in [-0.4, -0.2) is 10.9 Å². The summed E-state index contributed by atoms with van der Waals surface area (Å²) < 4.78 is 14.8. The van der Waals surface area contributed by atoms with Crippen LogP contribution in [-0.2, 0) is 0 Å². The van der Waals surface area contributed by atoms with Crippen LogP contribution in [0.15, 0.2) is 46.9 Å². The van der Waals surface area contributed by atoms with E-state index in [9.17, 15) is 9.18 Å². The average molecular weight is 426 g/mol. The third kappa shape index (κ3) is 3.50. The summed E-state index contributed by atoms with van der Waals surface area (Å²) in [5, 5.41) is 3.08. The summed E-state index contributed by atoms with van der Waals surface area (Å²) in [4.78, 5) is 17.7. The smallest absolute Gasteiger partial charge is 0.261 e. The fourth-order valence-electron chi connectivity index (χ4n) is 2.20. The predicted molar refractivity (Wildman–Crippen MR) is 99.4 cm³/mol. The van der Waals surface area contributed by atoms with E-state index in [2.05, 4.69) is 26.2 Å². The van der Waals surface area contributed by atoms with E-state index in [1.54, 1.807) is 0 Å². The van der Waals surface area contributed by atoms with Crippen LogP contribution in [0, 0.1) is 12.7 Å². The Bertz CT molecular complexity index is 891. The van der Waals surface area contributed by atoms with Crippen LogP contribution in [0.3, 0.4) is 0 Å². The SMILES string of the molecule is Cc1sc(NC(=O)c2c(F)cccc2Cl)nc1-c1ccc(Br)cc1. The summed E-state index contributed by atoms with van der Waals surface area (Å²) >= 11 is 10.6. The molecule has 0 aliphatic heterocycles. The van der Waals surface area contributed by atoms with E-state index in [0.29, 0.717) is 5.13 Å². The number of rotatable bonds is 3. The molecule has 1 heterocycles. The van der Waals surface area contributed by atoms with Crippen molar-refractivity contribution in [2.24, 2.45) is 0 Å². The molecule has 3 nitrogen and oxygen atoms in total. The molecule has 0 saturated carbocycles. The van der Waals surface area contributed by atoms with Gasteiger partial charge in [0.2, 0.25) is 0 Å². The van der Waals surface area contributed by atoms with Gasteiger partial charge in [0.05, 0.1) is 16.3 Å². The van der Waals surface area contributed by atoms with Crippen LogP contribution >= 0.6 is 38.9 Å². The second kappa shape index (κ2) is 7.01. The molecule has 0 atom stereocenters. The first-order chi connectivity index (χ1) is 11.5. The van der Waals surface area contributed by atoms with Gasteiger partial charge in [0.1, 0.15) is 5.82 Å². The quantitative estimate of drug-likeness (QED) is 0.565. The summed E-state index contributed by atoms with van der Waals surface area (Å²) in [6, 6.07) is 11.8. The molecule has 0 saturated heterocycles. The molecule has 0 aliphatic carbocycles. The Morgan fingerprint density at radius 1 is 1.25 bits per heavy atom. The van der Waals surface area contributed by atoms with Crippen molar-refractivity contribution >= 4 is 49.9 Å². The highest BCUT2D eigenvalue weighted by molar-refractivity contribution is 9.10. The van der Waals surface area contributed by atoms with Crippen molar-refractivity contribution in [1.82, 2.24) is 4.98 Å². The lowest BCUT2D eigenvalue weighted by Crippen LogP contribution is -2.14. The molecular formula is C17H11BrClFN2OS. The maximum Gasteiger partial charge on any atom is 0.261 e. The number of carbonyl (C=O) groups is 1. The Hall–Kier alpha value is -1.76. The van der Waals surface area contributed by atoms with Crippen molar-refractivity contribution in [2.75, 3.05) is 5.32 Å². The monoisotopic (exact) mass is 424 g/mol. The highest BCUT2D eigenvalue weighted by Gasteiger charge is 2.18. The van der Waals surface area contributed by atoms with Gasteiger partial charge in [-0.1, -0.05) is 45.7 Å². The van der Waals surface area contributed by atoms with Crippen LogP contribution < -0.4 is 5.32 Å². The Kier molecular flexibility index (Phi) is 4.99. The molecular weight excluding hydrogens is 415 g/mol. The van der Waals surface area contributed by atoms with Gasteiger partial charge < -0.3 is 0 Å². The van der Waals surface area contributed by atoms with E-state index in [0.717, 1.165) is 20.6 Å². The normalized spacial score (nSPS) is 10.7. The second-order valence-corrected chi connectivity index (χ2v) is 7.51. The summed E-state index contributed by atoms with van der Waals surface area (Å²) in [5.41, 5.74) is 1.54. The van der Waals surface area contributed by atoms with Gasteiger partial charge in [-0.15, -0.1) is 11.3 Å². The van der Waals surface area contributed by atoms with Gasteiger partial charge in [-0.25, -0.2) is 9.37 Å². The Morgan fingerprint density at radius 3 is 2.62 bits per heavy atom. The molecule has 0 bridgehead atoms. The van der Waals surface area contributed by atoms with E-state index in [1.165, 1.54) is 29.5 Å². The topological polar surface area (TPSA) is 42.0 Å². The van der Waals surface area contributed by atoms with Crippen molar-refractivity contribution in [2.45, 2.75) is 6.92 Å². The standard InChI is InChI=1S/C17H11BrClFN2OS/c1-9-15(10-5-7-11(18)8-6-10)21-17(24-9)22-16(23)14-12(19)3-2-4-13(14)20/h2-8H,1H3,(H,21,22,23). The molecule has 24 heavy (non-hydrogen) atoms. The zero-order chi connectivity index (χ0) is 17.3. The summed E-state index contributed by atoms with van der Waals surface area (Å²) in [6.07, 6.45) is 0. The summed E-state index contributed by atoms with van der Waals surface area (Å²) in [6.45, 7) is 1.92. The molecule has 0 aliphatic rings. The minimum absolute atomic E-state index is 0.0638. The number of halogens is 3. The lowest BCUT2D eigenvalue weighted by molar-refractivity contribution is 0.102. The van der Waals surface area contributed by atoms with Gasteiger partial charge in [-0.2, -0.15) is 0 Å². The summed E-state index contributed by atoms with van der Waals surface area (Å²) in [5.74, 6) is -1.28. The van der Waals surface area contributed by atoms with Crippen molar-refractivity contribution < 1.29 is 9.18 Å². The number of amides is 1. The van der Waals surface area contributed by atoms with Crippen LogP contribution in [0.5, 0.6) is 0 Å². The zero-order valence-electron chi connectivity index (χ0n) is 12.4. The minimum Gasteiger partial charge on any atom is -0.298 e. The Morgan fingerprint density at radius 2 is 1.96 bits per heavy atom. The number of aryl methyl sites for hydroxylation is 1. The van der Waals surface area contributed by atoms with Crippen LogP contribution in [0.2, 0.25) is 5.02 Å². The number of hydrogen-bond donors (Lipinski definition) is 1. The van der Waals surface area contributed by atoms with Gasteiger partial charge >= 0.3 is 0 Å². The number of carbonyl (C=O) groups excluding carboxylic acids is 1. The number of benzene rings is 2. The molecule has 0 spiro atoms. The lowest BCUT2D eigenvalue weighted by Gasteiger charge is -2.05. The molecule has 122 valence electrons. The molecule has 1 aromatic heterocycles. The maximum atomic E-state index is 13.8. The van der Waals surface area contributed by atoms with Gasteiger partial charge in [-0.3, -0.25) is 10.1 Å². The number of hydrogen-bond acceptors (Lipinski definition) is 3.